The van der Waals surface area contributed by atoms with Gasteiger partial charge in [0, 0.05) is 19.9 Å². The minimum absolute atomic E-state index is 0.421. The number of aryl methyl sites for hydroxylation is 1. The first-order chi connectivity index (χ1) is 7.67. The molecule has 0 spiro atoms. The summed E-state index contributed by atoms with van der Waals surface area (Å²) in [5.74, 6) is -7.23. The first-order valence-corrected chi connectivity index (χ1v) is 4.78. The molecular weight excluding hydrogens is 250 g/mol. The first-order valence-electron chi connectivity index (χ1n) is 4.78. The fraction of sp³-hybridized carbons (Fsp3) is 0.667. The van der Waals surface area contributed by atoms with Gasteiger partial charge in [0.05, 0.1) is 5.56 Å². The average molecular weight is 258 g/mol. The second-order valence-electron chi connectivity index (χ2n) is 3.94. The Morgan fingerprint density at radius 2 is 1.65 bits per heavy atom. The van der Waals surface area contributed by atoms with Crippen molar-refractivity contribution in [2.45, 2.75) is 31.1 Å². The molecule has 1 aliphatic carbocycles. The van der Waals surface area contributed by atoms with Crippen LogP contribution in [0.2, 0.25) is 0 Å². The maximum atomic E-state index is 13.5. The molecule has 0 saturated carbocycles. The van der Waals surface area contributed by atoms with E-state index in [0.717, 1.165) is 7.05 Å². The zero-order chi connectivity index (χ0) is 13.0. The van der Waals surface area contributed by atoms with Gasteiger partial charge in [-0.05, 0) is 0 Å². The molecular formula is C9H8F6N2. The predicted molar refractivity (Wildman–Crippen MR) is 45.2 cm³/mol. The number of nitrogens with zero attached hydrogens (tertiary/aromatic N) is 2. The summed E-state index contributed by atoms with van der Waals surface area (Å²) < 4.78 is 79.2. The van der Waals surface area contributed by atoms with Crippen LogP contribution in [0, 0.1) is 0 Å². The third kappa shape index (κ3) is 1.69. The van der Waals surface area contributed by atoms with Crippen LogP contribution in [0.4, 0.5) is 26.3 Å². The molecule has 2 rings (SSSR count). The molecule has 0 aromatic carbocycles. The highest BCUT2D eigenvalue weighted by Gasteiger charge is 2.54. The predicted octanol–water partition coefficient (Wildman–Crippen LogP) is 3.34. The fourth-order valence-electron chi connectivity index (χ4n) is 2.04. The van der Waals surface area contributed by atoms with Crippen LogP contribution in [0.25, 0.3) is 0 Å². The summed E-state index contributed by atoms with van der Waals surface area (Å²) in [7, 11) is 0.958. The summed E-state index contributed by atoms with van der Waals surface area (Å²) in [6.07, 6.45) is -5.53. The van der Waals surface area contributed by atoms with Gasteiger partial charge in [-0.3, -0.25) is 4.68 Å². The van der Waals surface area contributed by atoms with Crippen LogP contribution in [-0.2, 0) is 18.9 Å². The minimum Gasteiger partial charge on any atom is -0.266 e. The van der Waals surface area contributed by atoms with Crippen LogP contribution < -0.4 is 0 Å². The number of alkyl halides is 6. The van der Waals surface area contributed by atoms with Gasteiger partial charge in [-0.2, -0.15) is 13.9 Å². The van der Waals surface area contributed by atoms with Crippen molar-refractivity contribution in [2.75, 3.05) is 0 Å². The Balaban J connectivity index is 2.73. The molecule has 0 fully saturated rings. The Hall–Kier alpha value is -1.21. The van der Waals surface area contributed by atoms with Gasteiger partial charge in [0.1, 0.15) is 11.4 Å². The van der Waals surface area contributed by atoms with Crippen LogP contribution in [-0.4, -0.2) is 9.78 Å². The van der Waals surface area contributed by atoms with E-state index in [9.17, 15) is 26.3 Å². The van der Waals surface area contributed by atoms with E-state index in [2.05, 4.69) is 5.10 Å². The lowest BCUT2D eigenvalue weighted by molar-refractivity contribution is -0.101. The number of aromatic nitrogens is 2. The number of hydrogen-bond acceptors (Lipinski definition) is 1. The van der Waals surface area contributed by atoms with E-state index in [1.807, 2.05) is 0 Å². The number of rotatable bonds is 1. The largest absolute Gasteiger partial charge is 0.290 e. The van der Waals surface area contributed by atoms with Crippen molar-refractivity contribution >= 4 is 0 Å². The lowest BCUT2D eigenvalue weighted by Crippen LogP contribution is -2.32. The summed E-state index contributed by atoms with van der Waals surface area (Å²) in [6, 6.07) is 0. The Kier molecular flexibility index (Phi) is 2.45. The van der Waals surface area contributed by atoms with Gasteiger partial charge >= 0.3 is 0 Å². The van der Waals surface area contributed by atoms with Crippen molar-refractivity contribution < 1.29 is 26.3 Å². The van der Waals surface area contributed by atoms with E-state index in [4.69, 9.17) is 0 Å². The molecule has 0 aliphatic heterocycles. The molecule has 0 saturated heterocycles. The molecule has 0 unspecified atom stereocenters. The first kappa shape index (κ1) is 12.3. The van der Waals surface area contributed by atoms with E-state index in [-0.39, 0.29) is 0 Å². The Morgan fingerprint density at radius 3 is 2.18 bits per heavy atom. The number of fused-ring (bicyclic) bond motifs is 1. The number of halogens is 6. The van der Waals surface area contributed by atoms with Gasteiger partial charge in [-0.1, -0.05) is 0 Å². The van der Waals surface area contributed by atoms with Gasteiger partial charge in [0.15, 0.2) is 0 Å². The quantitative estimate of drug-likeness (QED) is 0.706. The second kappa shape index (κ2) is 3.39. The van der Waals surface area contributed by atoms with E-state index < -0.39 is 48.1 Å². The van der Waals surface area contributed by atoms with Gasteiger partial charge in [0.25, 0.3) is 18.3 Å². The van der Waals surface area contributed by atoms with E-state index in [0.29, 0.717) is 4.68 Å². The molecule has 0 atom stereocenters. The normalized spacial score (nSPS) is 21.6. The molecule has 1 heterocycles. The van der Waals surface area contributed by atoms with Crippen molar-refractivity contribution in [3.05, 3.63) is 17.0 Å². The highest BCUT2D eigenvalue weighted by Crippen LogP contribution is 2.51. The standard InChI is InChI=1S/C9H8F6N2/c1-17-6-4(5(16-17)7(10)11)8(12,13)2-3-9(6,14)15/h7H,2-3H2,1H3. The molecule has 8 heteroatoms. The highest BCUT2D eigenvalue weighted by molar-refractivity contribution is 5.37. The second-order valence-corrected chi connectivity index (χ2v) is 3.94. The van der Waals surface area contributed by atoms with Gasteiger partial charge < -0.3 is 0 Å². The van der Waals surface area contributed by atoms with Crippen molar-refractivity contribution in [1.82, 2.24) is 9.78 Å². The maximum Gasteiger partial charge on any atom is 0.290 e. The number of hydrogen-bond donors (Lipinski definition) is 0. The molecule has 0 N–H and O–H groups in total. The summed E-state index contributed by atoms with van der Waals surface area (Å²) in [5.41, 5.74) is -3.68. The molecule has 1 aromatic rings. The molecule has 17 heavy (non-hydrogen) atoms. The zero-order valence-corrected chi connectivity index (χ0v) is 8.65. The molecule has 96 valence electrons. The van der Waals surface area contributed by atoms with Gasteiger partial charge in [-0.15, -0.1) is 0 Å². The summed E-state index contributed by atoms with van der Waals surface area (Å²) in [6.45, 7) is 0. The third-order valence-electron chi connectivity index (χ3n) is 2.75. The van der Waals surface area contributed by atoms with Crippen LogP contribution in [0.3, 0.4) is 0 Å². The Morgan fingerprint density at radius 1 is 1.12 bits per heavy atom. The van der Waals surface area contributed by atoms with Gasteiger partial charge in [0.2, 0.25) is 0 Å². The zero-order valence-electron chi connectivity index (χ0n) is 8.65. The monoisotopic (exact) mass is 258 g/mol. The van der Waals surface area contributed by atoms with E-state index >= 15 is 0 Å². The van der Waals surface area contributed by atoms with Crippen LogP contribution in [0.15, 0.2) is 0 Å². The van der Waals surface area contributed by atoms with Crippen molar-refractivity contribution in [3.63, 3.8) is 0 Å². The minimum atomic E-state index is -3.68. The van der Waals surface area contributed by atoms with Crippen molar-refractivity contribution in [2.24, 2.45) is 7.05 Å². The third-order valence-corrected chi connectivity index (χ3v) is 2.75. The fourth-order valence-corrected chi connectivity index (χ4v) is 2.04. The van der Waals surface area contributed by atoms with Crippen molar-refractivity contribution in [3.8, 4) is 0 Å². The van der Waals surface area contributed by atoms with Crippen LogP contribution in [0.1, 0.15) is 36.2 Å². The Bertz CT molecular complexity index is 451. The van der Waals surface area contributed by atoms with Crippen LogP contribution in [0.5, 0.6) is 0 Å². The molecule has 0 radical (unpaired) electrons. The summed E-state index contributed by atoms with van der Waals surface area (Å²) >= 11 is 0. The average Bonchev–Trinajstić information content (AvgIpc) is 2.53. The molecule has 1 aromatic heterocycles. The molecule has 2 nitrogen and oxygen atoms in total. The van der Waals surface area contributed by atoms with Crippen LogP contribution >= 0.6 is 0 Å². The SMILES string of the molecule is Cn1nc(C(F)F)c2c1C(F)(F)CCC2(F)F. The molecule has 0 amide bonds. The lowest BCUT2D eigenvalue weighted by atomic mass is 9.89. The Labute approximate surface area is 92.2 Å². The summed E-state index contributed by atoms with van der Waals surface area (Å²) in [4.78, 5) is 0. The maximum absolute atomic E-state index is 13.5. The van der Waals surface area contributed by atoms with Gasteiger partial charge in [-0.25, -0.2) is 17.6 Å². The smallest absolute Gasteiger partial charge is 0.266 e. The van der Waals surface area contributed by atoms with E-state index in [1.165, 1.54) is 0 Å². The topological polar surface area (TPSA) is 17.8 Å². The van der Waals surface area contributed by atoms with E-state index in [1.54, 1.807) is 0 Å². The van der Waals surface area contributed by atoms with Crippen molar-refractivity contribution in [1.29, 1.82) is 0 Å². The molecule has 0 bridgehead atoms. The highest BCUT2D eigenvalue weighted by atomic mass is 19.3. The lowest BCUT2D eigenvalue weighted by Gasteiger charge is -2.29. The summed E-state index contributed by atoms with van der Waals surface area (Å²) in [5, 5.41) is 3.09. The molecule has 1 aliphatic rings.